The number of fused-ring (bicyclic) bond motifs is 1. The molecule has 2 atom stereocenters. The van der Waals surface area contributed by atoms with Crippen LogP contribution in [0.4, 0.5) is 4.79 Å². The Balaban J connectivity index is 1.84. The van der Waals surface area contributed by atoms with E-state index in [2.05, 4.69) is 0 Å². The fraction of sp³-hybridized carbons (Fsp3) is 0.867. The number of hydrogen-bond donors (Lipinski definition) is 2. The van der Waals surface area contributed by atoms with Crippen LogP contribution in [0, 0.1) is 5.92 Å². The van der Waals surface area contributed by atoms with Crippen molar-refractivity contribution in [3.05, 3.63) is 0 Å². The van der Waals surface area contributed by atoms with Gasteiger partial charge in [-0.2, -0.15) is 0 Å². The van der Waals surface area contributed by atoms with Crippen molar-refractivity contribution in [1.29, 1.82) is 0 Å². The SMILES string of the molecule is CN(CCCC(=O)O)C(=O)N1CCC2(O)CCCCC2C1. The van der Waals surface area contributed by atoms with Gasteiger partial charge in [-0.15, -0.1) is 0 Å². The lowest BCUT2D eigenvalue weighted by atomic mass is 9.71. The van der Waals surface area contributed by atoms with E-state index in [-0.39, 0.29) is 18.4 Å². The third kappa shape index (κ3) is 3.87. The van der Waals surface area contributed by atoms with E-state index < -0.39 is 11.6 Å². The molecule has 21 heavy (non-hydrogen) atoms. The van der Waals surface area contributed by atoms with Crippen molar-refractivity contribution >= 4 is 12.0 Å². The van der Waals surface area contributed by atoms with Gasteiger partial charge >= 0.3 is 12.0 Å². The van der Waals surface area contributed by atoms with E-state index in [0.29, 0.717) is 32.5 Å². The molecule has 2 unspecified atom stereocenters. The lowest BCUT2D eigenvalue weighted by Crippen LogP contribution is -2.56. The molecule has 6 heteroatoms. The number of piperidine rings is 1. The molecule has 1 aliphatic carbocycles. The highest BCUT2D eigenvalue weighted by molar-refractivity contribution is 5.74. The molecule has 2 aliphatic rings. The molecule has 0 aromatic heterocycles. The zero-order chi connectivity index (χ0) is 15.5. The summed E-state index contributed by atoms with van der Waals surface area (Å²) in [6.45, 7) is 1.67. The Morgan fingerprint density at radius 1 is 1.33 bits per heavy atom. The minimum atomic E-state index is -0.832. The summed E-state index contributed by atoms with van der Waals surface area (Å²) in [5, 5.41) is 19.2. The van der Waals surface area contributed by atoms with Gasteiger partial charge in [0.15, 0.2) is 0 Å². The molecule has 2 fully saturated rings. The first-order valence-electron chi connectivity index (χ1n) is 7.86. The summed E-state index contributed by atoms with van der Waals surface area (Å²) in [6, 6.07) is -0.0481. The number of urea groups is 1. The largest absolute Gasteiger partial charge is 0.481 e. The normalized spacial score (nSPS) is 28.9. The van der Waals surface area contributed by atoms with Crippen LogP contribution in [0.3, 0.4) is 0 Å². The van der Waals surface area contributed by atoms with E-state index in [9.17, 15) is 14.7 Å². The number of aliphatic carboxylic acids is 1. The van der Waals surface area contributed by atoms with E-state index >= 15 is 0 Å². The second-order valence-electron chi connectivity index (χ2n) is 6.44. The van der Waals surface area contributed by atoms with E-state index in [1.807, 2.05) is 4.90 Å². The topological polar surface area (TPSA) is 81.1 Å². The second-order valence-corrected chi connectivity index (χ2v) is 6.44. The molecular formula is C15H26N2O4. The first-order valence-corrected chi connectivity index (χ1v) is 7.86. The number of carbonyl (C=O) groups excluding carboxylic acids is 1. The van der Waals surface area contributed by atoms with Gasteiger partial charge in [-0.25, -0.2) is 4.79 Å². The lowest BCUT2D eigenvalue weighted by molar-refractivity contribution is -0.137. The average molecular weight is 298 g/mol. The third-order valence-corrected chi connectivity index (χ3v) is 4.91. The third-order valence-electron chi connectivity index (χ3n) is 4.91. The predicted octanol–water partition coefficient (Wildman–Crippen LogP) is 1.53. The van der Waals surface area contributed by atoms with Crippen LogP contribution < -0.4 is 0 Å². The van der Waals surface area contributed by atoms with Gasteiger partial charge in [0.25, 0.3) is 0 Å². The summed E-state index contributed by atoms with van der Waals surface area (Å²) >= 11 is 0. The van der Waals surface area contributed by atoms with Gasteiger partial charge in [0.1, 0.15) is 0 Å². The van der Waals surface area contributed by atoms with Gasteiger partial charge in [0.05, 0.1) is 5.60 Å². The summed E-state index contributed by atoms with van der Waals surface area (Å²) in [6.07, 6.45) is 5.27. The number of rotatable bonds is 4. The summed E-state index contributed by atoms with van der Waals surface area (Å²) in [4.78, 5) is 26.3. The van der Waals surface area contributed by atoms with Gasteiger partial charge < -0.3 is 20.0 Å². The fourth-order valence-corrected chi connectivity index (χ4v) is 3.55. The van der Waals surface area contributed by atoms with E-state index in [1.54, 1.807) is 11.9 Å². The maximum absolute atomic E-state index is 12.4. The summed E-state index contributed by atoms with van der Waals surface area (Å²) in [5.41, 5.74) is -0.573. The van der Waals surface area contributed by atoms with Crippen molar-refractivity contribution in [3.8, 4) is 0 Å². The fourth-order valence-electron chi connectivity index (χ4n) is 3.55. The molecule has 0 aromatic carbocycles. The van der Waals surface area contributed by atoms with Crippen LogP contribution in [-0.4, -0.2) is 64.3 Å². The molecule has 0 bridgehead atoms. The number of carboxylic acid groups (broad SMARTS) is 1. The number of carbonyl (C=O) groups is 2. The Bertz CT molecular complexity index is 401. The highest BCUT2D eigenvalue weighted by Gasteiger charge is 2.44. The first kappa shape index (κ1) is 16.1. The molecule has 2 N–H and O–H groups in total. The number of nitrogens with zero attached hydrogens (tertiary/aromatic N) is 2. The Morgan fingerprint density at radius 2 is 2.10 bits per heavy atom. The van der Waals surface area contributed by atoms with Gasteiger partial charge in [0, 0.05) is 39.0 Å². The molecule has 1 saturated carbocycles. The van der Waals surface area contributed by atoms with Crippen LogP contribution in [0.15, 0.2) is 0 Å². The molecule has 0 aromatic rings. The number of hydrogen-bond acceptors (Lipinski definition) is 3. The van der Waals surface area contributed by atoms with Crippen molar-refractivity contribution in [2.75, 3.05) is 26.7 Å². The second kappa shape index (κ2) is 6.64. The predicted molar refractivity (Wildman–Crippen MR) is 78.0 cm³/mol. The van der Waals surface area contributed by atoms with Crippen molar-refractivity contribution in [1.82, 2.24) is 9.80 Å². The Morgan fingerprint density at radius 3 is 2.81 bits per heavy atom. The van der Waals surface area contributed by atoms with Gasteiger partial charge in [-0.1, -0.05) is 12.8 Å². The van der Waals surface area contributed by atoms with Crippen LogP contribution in [0.25, 0.3) is 0 Å². The molecule has 1 aliphatic heterocycles. The summed E-state index contributed by atoms with van der Waals surface area (Å²) < 4.78 is 0. The van der Waals surface area contributed by atoms with Crippen molar-refractivity contribution in [2.45, 2.75) is 50.5 Å². The average Bonchev–Trinajstić information content (AvgIpc) is 2.45. The van der Waals surface area contributed by atoms with Crippen LogP contribution >= 0.6 is 0 Å². The quantitative estimate of drug-likeness (QED) is 0.824. The van der Waals surface area contributed by atoms with Crippen LogP contribution in [0.1, 0.15) is 44.9 Å². The van der Waals surface area contributed by atoms with Crippen LogP contribution in [0.2, 0.25) is 0 Å². The zero-order valence-corrected chi connectivity index (χ0v) is 12.8. The van der Waals surface area contributed by atoms with Crippen LogP contribution in [-0.2, 0) is 4.79 Å². The molecule has 0 spiro atoms. The highest BCUT2D eigenvalue weighted by atomic mass is 16.4. The van der Waals surface area contributed by atoms with Gasteiger partial charge in [0.2, 0.25) is 0 Å². The lowest BCUT2D eigenvalue weighted by Gasteiger charge is -2.47. The smallest absolute Gasteiger partial charge is 0.319 e. The standard InChI is InChI=1S/C15H26N2O4/c1-16(9-4-6-13(18)19)14(20)17-10-8-15(21)7-3-2-5-12(15)11-17/h12,21H,2-11H2,1H3,(H,18,19). The summed E-state index contributed by atoms with van der Waals surface area (Å²) in [5.74, 6) is -0.641. The van der Waals surface area contributed by atoms with E-state index in [4.69, 9.17) is 5.11 Å². The molecule has 2 rings (SSSR count). The Hall–Kier alpha value is -1.30. The first-order chi connectivity index (χ1) is 9.92. The number of carboxylic acids is 1. The monoisotopic (exact) mass is 298 g/mol. The minimum Gasteiger partial charge on any atom is -0.481 e. The number of likely N-dealkylation sites (tertiary alicyclic amines) is 1. The van der Waals surface area contributed by atoms with E-state index in [1.165, 1.54) is 0 Å². The molecular weight excluding hydrogens is 272 g/mol. The maximum Gasteiger partial charge on any atom is 0.319 e. The Labute approximate surface area is 125 Å². The number of amides is 2. The maximum atomic E-state index is 12.4. The van der Waals surface area contributed by atoms with Crippen LogP contribution in [0.5, 0.6) is 0 Å². The molecule has 6 nitrogen and oxygen atoms in total. The molecule has 1 saturated heterocycles. The van der Waals surface area contributed by atoms with Crippen molar-refractivity contribution in [3.63, 3.8) is 0 Å². The molecule has 0 radical (unpaired) electrons. The molecule has 1 heterocycles. The summed E-state index contributed by atoms with van der Waals surface area (Å²) in [7, 11) is 1.71. The minimum absolute atomic E-state index is 0.0481. The Kier molecular flexibility index (Phi) is 5.08. The van der Waals surface area contributed by atoms with Gasteiger partial charge in [-0.3, -0.25) is 4.79 Å². The number of aliphatic hydroxyl groups is 1. The zero-order valence-electron chi connectivity index (χ0n) is 12.8. The van der Waals surface area contributed by atoms with Gasteiger partial charge in [-0.05, 0) is 25.7 Å². The highest BCUT2D eigenvalue weighted by Crippen LogP contribution is 2.39. The molecule has 2 amide bonds. The molecule has 120 valence electrons. The van der Waals surface area contributed by atoms with Crippen molar-refractivity contribution < 1.29 is 19.8 Å². The van der Waals surface area contributed by atoms with Crippen molar-refractivity contribution in [2.24, 2.45) is 5.92 Å². The van der Waals surface area contributed by atoms with E-state index in [0.717, 1.165) is 25.7 Å².